The molecule has 0 saturated heterocycles. The van der Waals surface area contributed by atoms with Crippen molar-refractivity contribution in [3.63, 3.8) is 0 Å². The maximum absolute atomic E-state index is 4.87. The molecule has 0 bridgehead atoms. The molecule has 0 radical (unpaired) electrons. The highest BCUT2D eigenvalue weighted by Gasteiger charge is 2.12. The molecule has 0 aliphatic rings. The Bertz CT molecular complexity index is 771. The maximum Gasteiger partial charge on any atom is 0.141 e. The number of hydrogen-bond acceptors (Lipinski definition) is 2. The Kier molecular flexibility index (Phi) is 4.25. The van der Waals surface area contributed by atoms with E-state index in [1.807, 2.05) is 0 Å². The van der Waals surface area contributed by atoms with Crippen LogP contribution in [0.5, 0.6) is 0 Å². The standard InChI is InChI=1S/C19H23N3/c1-15-8-6-9-16(14-15)19-20-17-10-4-5-11-18(17)22(19)13-7-12-21(2)3/h4-6,8-11,14H,7,12-13H2,1-3H3. The van der Waals surface area contributed by atoms with E-state index in [0.717, 1.165) is 30.9 Å². The second-order valence-corrected chi connectivity index (χ2v) is 6.10. The Morgan fingerprint density at radius 2 is 1.86 bits per heavy atom. The zero-order chi connectivity index (χ0) is 15.5. The fraction of sp³-hybridized carbons (Fsp3) is 0.316. The topological polar surface area (TPSA) is 21.1 Å². The van der Waals surface area contributed by atoms with Crippen molar-refractivity contribution < 1.29 is 0 Å². The Morgan fingerprint density at radius 1 is 1.05 bits per heavy atom. The van der Waals surface area contributed by atoms with Gasteiger partial charge in [-0.3, -0.25) is 0 Å². The van der Waals surface area contributed by atoms with E-state index < -0.39 is 0 Å². The lowest BCUT2D eigenvalue weighted by atomic mass is 10.1. The molecular weight excluding hydrogens is 270 g/mol. The summed E-state index contributed by atoms with van der Waals surface area (Å²) in [5.74, 6) is 1.07. The van der Waals surface area contributed by atoms with Crippen LogP contribution in [0.1, 0.15) is 12.0 Å². The predicted octanol–water partition coefficient (Wildman–Crippen LogP) is 3.96. The number of rotatable bonds is 5. The molecule has 3 nitrogen and oxygen atoms in total. The first kappa shape index (κ1) is 14.8. The van der Waals surface area contributed by atoms with Crippen LogP contribution in [0.4, 0.5) is 0 Å². The minimum Gasteiger partial charge on any atom is -0.324 e. The summed E-state index contributed by atoms with van der Waals surface area (Å²) in [5.41, 5.74) is 4.76. The Labute approximate surface area is 132 Å². The highest BCUT2D eigenvalue weighted by Crippen LogP contribution is 2.25. The zero-order valence-electron chi connectivity index (χ0n) is 13.6. The normalized spacial score (nSPS) is 11.5. The summed E-state index contributed by atoms with van der Waals surface area (Å²) < 4.78 is 2.35. The molecular formula is C19H23N3. The van der Waals surface area contributed by atoms with Crippen molar-refractivity contribution in [2.75, 3.05) is 20.6 Å². The third-order valence-electron chi connectivity index (χ3n) is 3.92. The third-order valence-corrected chi connectivity index (χ3v) is 3.92. The molecule has 0 saturated carbocycles. The van der Waals surface area contributed by atoms with Gasteiger partial charge in [0.1, 0.15) is 5.82 Å². The van der Waals surface area contributed by atoms with Gasteiger partial charge in [0.2, 0.25) is 0 Å². The predicted molar refractivity (Wildman–Crippen MR) is 93.1 cm³/mol. The van der Waals surface area contributed by atoms with Gasteiger partial charge in [0.05, 0.1) is 11.0 Å². The minimum absolute atomic E-state index is 0.988. The zero-order valence-corrected chi connectivity index (χ0v) is 13.6. The highest BCUT2D eigenvalue weighted by atomic mass is 15.1. The van der Waals surface area contributed by atoms with E-state index in [-0.39, 0.29) is 0 Å². The molecule has 0 aliphatic carbocycles. The van der Waals surface area contributed by atoms with E-state index in [4.69, 9.17) is 4.98 Å². The largest absolute Gasteiger partial charge is 0.324 e. The van der Waals surface area contributed by atoms with Gasteiger partial charge >= 0.3 is 0 Å². The van der Waals surface area contributed by atoms with Gasteiger partial charge in [-0.1, -0.05) is 35.9 Å². The molecule has 2 aromatic carbocycles. The highest BCUT2D eigenvalue weighted by molar-refractivity contribution is 5.80. The average Bonchev–Trinajstić information content (AvgIpc) is 2.86. The fourth-order valence-electron chi connectivity index (χ4n) is 2.85. The van der Waals surface area contributed by atoms with Crippen LogP contribution in [0, 0.1) is 6.92 Å². The van der Waals surface area contributed by atoms with Gasteiger partial charge in [-0.25, -0.2) is 4.98 Å². The number of aryl methyl sites for hydroxylation is 2. The molecule has 114 valence electrons. The molecule has 0 spiro atoms. The molecule has 3 aromatic rings. The molecule has 1 aromatic heterocycles. The fourth-order valence-corrected chi connectivity index (χ4v) is 2.85. The third kappa shape index (κ3) is 3.04. The lowest BCUT2D eigenvalue weighted by Crippen LogP contribution is -2.15. The van der Waals surface area contributed by atoms with Gasteiger partial charge in [-0.15, -0.1) is 0 Å². The molecule has 0 N–H and O–H groups in total. The van der Waals surface area contributed by atoms with Crippen LogP contribution in [-0.4, -0.2) is 35.1 Å². The van der Waals surface area contributed by atoms with Crippen LogP contribution >= 0.6 is 0 Å². The van der Waals surface area contributed by atoms with Crippen LogP contribution in [0.25, 0.3) is 22.4 Å². The van der Waals surface area contributed by atoms with Crippen LogP contribution in [-0.2, 0) is 6.54 Å². The van der Waals surface area contributed by atoms with Gasteiger partial charge in [-0.05, 0) is 52.2 Å². The second kappa shape index (κ2) is 6.32. The molecule has 0 fully saturated rings. The lowest BCUT2D eigenvalue weighted by Gasteiger charge is -2.12. The summed E-state index contributed by atoms with van der Waals surface area (Å²) in [7, 11) is 4.24. The number of benzene rings is 2. The molecule has 0 atom stereocenters. The number of fused-ring (bicyclic) bond motifs is 1. The van der Waals surface area contributed by atoms with E-state index in [1.165, 1.54) is 16.6 Å². The molecule has 0 amide bonds. The second-order valence-electron chi connectivity index (χ2n) is 6.10. The number of hydrogen-bond donors (Lipinski definition) is 0. The van der Waals surface area contributed by atoms with E-state index >= 15 is 0 Å². The summed E-state index contributed by atoms with van der Waals surface area (Å²) in [5, 5.41) is 0. The van der Waals surface area contributed by atoms with Crippen molar-refractivity contribution in [1.82, 2.24) is 14.5 Å². The number of para-hydroxylation sites is 2. The lowest BCUT2D eigenvalue weighted by molar-refractivity contribution is 0.388. The van der Waals surface area contributed by atoms with Crippen LogP contribution in [0.15, 0.2) is 48.5 Å². The van der Waals surface area contributed by atoms with E-state index in [9.17, 15) is 0 Å². The molecule has 0 unspecified atom stereocenters. The summed E-state index contributed by atoms with van der Waals surface area (Å²) in [6, 6.07) is 17.0. The smallest absolute Gasteiger partial charge is 0.141 e. The van der Waals surface area contributed by atoms with Crippen LogP contribution in [0.2, 0.25) is 0 Å². The Morgan fingerprint density at radius 3 is 2.64 bits per heavy atom. The van der Waals surface area contributed by atoms with Crippen molar-refractivity contribution in [3.8, 4) is 11.4 Å². The van der Waals surface area contributed by atoms with E-state index in [0.29, 0.717) is 0 Å². The first-order chi connectivity index (χ1) is 10.6. The Hall–Kier alpha value is -2.13. The van der Waals surface area contributed by atoms with Gasteiger partial charge in [0.25, 0.3) is 0 Å². The molecule has 0 aliphatic heterocycles. The van der Waals surface area contributed by atoms with E-state index in [1.54, 1.807) is 0 Å². The summed E-state index contributed by atoms with van der Waals surface area (Å²) >= 11 is 0. The van der Waals surface area contributed by atoms with Gasteiger partial charge < -0.3 is 9.47 Å². The molecule has 22 heavy (non-hydrogen) atoms. The first-order valence-corrected chi connectivity index (χ1v) is 7.82. The maximum atomic E-state index is 4.87. The summed E-state index contributed by atoms with van der Waals surface area (Å²) in [6.07, 6.45) is 1.12. The van der Waals surface area contributed by atoms with Crippen LogP contribution in [0.3, 0.4) is 0 Å². The minimum atomic E-state index is 0.988. The van der Waals surface area contributed by atoms with Crippen molar-refractivity contribution in [2.24, 2.45) is 0 Å². The van der Waals surface area contributed by atoms with Crippen LogP contribution < -0.4 is 0 Å². The Balaban J connectivity index is 2.04. The average molecular weight is 293 g/mol. The molecule has 3 heteroatoms. The van der Waals surface area contributed by atoms with E-state index in [2.05, 4.69) is 79.0 Å². The number of imidazole rings is 1. The van der Waals surface area contributed by atoms with Gasteiger partial charge in [0.15, 0.2) is 0 Å². The van der Waals surface area contributed by atoms with Gasteiger partial charge in [-0.2, -0.15) is 0 Å². The van der Waals surface area contributed by atoms with Gasteiger partial charge in [0, 0.05) is 12.1 Å². The van der Waals surface area contributed by atoms with Crippen molar-refractivity contribution in [3.05, 3.63) is 54.1 Å². The quantitative estimate of drug-likeness (QED) is 0.710. The van der Waals surface area contributed by atoms with Crippen molar-refractivity contribution in [1.29, 1.82) is 0 Å². The SMILES string of the molecule is Cc1cccc(-c2nc3ccccc3n2CCCN(C)C)c1. The summed E-state index contributed by atoms with van der Waals surface area (Å²) in [4.78, 5) is 7.10. The summed E-state index contributed by atoms with van der Waals surface area (Å²) in [6.45, 7) is 4.20. The molecule has 1 heterocycles. The first-order valence-electron chi connectivity index (χ1n) is 7.82. The molecule has 3 rings (SSSR count). The number of aromatic nitrogens is 2. The van der Waals surface area contributed by atoms with Crippen molar-refractivity contribution >= 4 is 11.0 Å². The number of nitrogens with zero attached hydrogens (tertiary/aromatic N) is 3. The monoisotopic (exact) mass is 293 g/mol. The van der Waals surface area contributed by atoms with Crippen molar-refractivity contribution in [2.45, 2.75) is 19.9 Å².